The summed E-state index contributed by atoms with van der Waals surface area (Å²) in [6.45, 7) is 0.695. The molecular formula is C16H15N3O5. The molecule has 0 atom stereocenters. The summed E-state index contributed by atoms with van der Waals surface area (Å²) in [5.41, 5.74) is 1.29. The highest BCUT2D eigenvalue weighted by molar-refractivity contribution is 6.02. The first kappa shape index (κ1) is 15.7. The van der Waals surface area contributed by atoms with Gasteiger partial charge in [-0.3, -0.25) is 19.7 Å². The minimum absolute atomic E-state index is 0.0981. The number of nitrogens with zero attached hydrogens (tertiary/aromatic N) is 2. The Kier molecular flexibility index (Phi) is 4.28. The number of piperidine rings is 1. The van der Waals surface area contributed by atoms with Crippen LogP contribution in [0.5, 0.6) is 0 Å². The molecule has 1 aliphatic rings. The summed E-state index contributed by atoms with van der Waals surface area (Å²) in [4.78, 5) is 35.5. The Morgan fingerprint density at radius 1 is 1.17 bits per heavy atom. The van der Waals surface area contributed by atoms with Crippen molar-refractivity contribution in [2.24, 2.45) is 0 Å². The van der Waals surface area contributed by atoms with Crippen molar-refractivity contribution in [3.8, 4) is 0 Å². The highest BCUT2D eigenvalue weighted by atomic mass is 16.6. The average Bonchev–Trinajstić information content (AvgIpc) is 3.07. The molecule has 0 bridgehead atoms. The van der Waals surface area contributed by atoms with Gasteiger partial charge in [-0.15, -0.1) is 0 Å². The van der Waals surface area contributed by atoms with Gasteiger partial charge in [0.05, 0.1) is 6.07 Å². The van der Waals surface area contributed by atoms with Gasteiger partial charge in [-0.05, 0) is 43.2 Å². The second-order valence-electron chi connectivity index (χ2n) is 5.40. The van der Waals surface area contributed by atoms with Crippen LogP contribution in [0.15, 0.2) is 40.8 Å². The van der Waals surface area contributed by atoms with E-state index in [9.17, 15) is 19.7 Å². The Bertz CT molecular complexity index is 781. The fourth-order valence-corrected chi connectivity index (χ4v) is 2.54. The van der Waals surface area contributed by atoms with E-state index in [0.29, 0.717) is 18.7 Å². The standard InChI is InChI=1S/C16H15N3O5/c20-14-3-1-2-10-18(14)12-6-4-11(5-7-12)17-16(21)13-8-9-15(24-13)19(22)23/h4-9H,1-3,10H2,(H,17,21). The lowest BCUT2D eigenvalue weighted by Crippen LogP contribution is -2.35. The average molecular weight is 329 g/mol. The van der Waals surface area contributed by atoms with Gasteiger partial charge < -0.3 is 14.6 Å². The first-order valence-electron chi connectivity index (χ1n) is 7.50. The Balaban J connectivity index is 1.68. The van der Waals surface area contributed by atoms with Gasteiger partial charge in [0, 0.05) is 24.3 Å². The van der Waals surface area contributed by atoms with Crippen LogP contribution in [-0.2, 0) is 4.79 Å². The van der Waals surface area contributed by atoms with Crippen molar-refractivity contribution in [3.05, 3.63) is 52.3 Å². The monoisotopic (exact) mass is 329 g/mol. The molecular weight excluding hydrogens is 314 g/mol. The SMILES string of the molecule is O=C(Nc1ccc(N2CCCCC2=O)cc1)c1ccc([N+](=O)[O-])o1. The minimum Gasteiger partial charge on any atom is -0.395 e. The van der Waals surface area contributed by atoms with Crippen LogP contribution in [0, 0.1) is 10.1 Å². The molecule has 1 aromatic heterocycles. The van der Waals surface area contributed by atoms with E-state index in [1.165, 1.54) is 6.07 Å². The largest absolute Gasteiger partial charge is 0.433 e. The molecule has 2 aromatic rings. The van der Waals surface area contributed by atoms with Crippen LogP contribution in [-0.4, -0.2) is 23.3 Å². The number of nitro groups is 1. The van der Waals surface area contributed by atoms with Gasteiger partial charge in [0.2, 0.25) is 5.91 Å². The van der Waals surface area contributed by atoms with Gasteiger partial charge in [-0.1, -0.05) is 0 Å². The lowest BCUT2D eigenvalue weighted by molar-refractivity contribution is -0.402. The zero-order valence-electron chi connectivity index (χ0n) is 12.7. The van der Waals surface area contributed by atoms with E-state index in [-0.39, 0.29) is 11.7 Å². The summed E-state index contributed by atoms with van der Waals surface area (Å²) in [6.07, 6.45) is 2.44. The predicted molar refractivity (Wildman–Crippen MR) is 86.0 cm³/mol. The van der Waals surface area contributed by atoms with Crippen LogP contribution in [0.3, 0.4) is 0 Å². The molecule has 0 radical (unpaired) electrons. The summed E-state index contributed by atoms with van der Waals surface area (Å²) >= 11 is 0. The lowest BCUT2D eigenvalue weighted by atomic mass is 10.1. The molecule has 1 fully saturated rings. The van der Waals surface area contributed by atoms with Gasteiger partial charge in [0.25, 0.3) is 5.91 Å². The quantitative estimate of drug-likeness (QED) is 0.685. The molecule has 8 heteroatoms. The normalized spacial score (nSPS) is 14.5. The third kappa shape index (κ3) is 3.27. The van der Waals surface area contributed by atoms with Gasteiger partial charge in [0.1, 0.15) is 4.92 Å². The van der Waals surface area contributed by atoms with Crippen LogP contribution in [0.25, 0.3) is 0 Å². The van der Waals surface area contributed by atoms with Gasteiger partial charge >= 0.3 is 5.88 Å². The second-order valence-corrected chi connectivity index (χ2v) is 5.40. The molecule has 0 unspecified atom stereocenters. The molecule has 3 rings (SSSR count). The van der Waals surface area contributed by atoms with Gasteiger partial charge in [-0.25, -0.2) is 0 Å². The Morgan fingerprint density at radius 3 is 2.54 bits per heavy atom. The molecule has 1 aromatic carbocycles. The Morgan fingerprint density at radius 2 is 1.92 bits per heavy atom. The second kappa shape index (κ2) is 6.53. The molecule has 24 heavy (non-hydrogen) atoms. The van der Waals surface area contributed by atoms with E-state index in [2.05, 4.69) is 5.32 Å². The van der Waals surface area contributed by atoms with Crippen molar-refractivity contribution in [1.82, 2.24) is 0 Å². The number of carbonyl (C=O) groups excluding carboxylic acids is 2. The predicted octanol–water partition coefficient (Wildman–Crippen LogP) is 2.96. The summed E-state index contributed by atoms with van der Waals surface area (Å²) in [6, 6.07) is 9.22. The lowest BCUT2D eigenvalue weighted by Gasteiger charge is -2.26. The highest BCUT2D eigenvalue weighted by Gasteiger charge is 2.20. The number of rotatable bonds is 4. The Hall–Kier alpha value is -3.16. The van der Waals surface area contributed by atoms with Crippen LogP contribution >= 0.6 is 0 Å². The van der Waals surface area contributed by atoms with Gasteiger partial charge in [-0.2, -0.15) is 0 Å². The van der Waals surface area contributed by atoms with E-state index in [0.717, 1.165) is 24.6 Å². The number of carbonyl (C=O) groups is 2. The number of hydrogen-bond donors (Lipinski definition) is 1. The summed E-state index contributed by atoms with van der Waals surface area (Å²) < 4.78 is 4.85. The zero-order chi connectivity index (χ0) is 17.1. The third-order valence-electron chi connectivity index (χ3n) is 3.76. The molecule has 2 heterocycles. The highest BCUT2D eigenvalue weighted by Crippen LogP contribution is 2.23. The fourth-order valence-electron chi connectivity index (χ4n) is 2.54. The van der Waals surface area contributed by atoms with Gasteiger partial charge in [0.15, 0.2) is 5.76 Å². The van der Waals surface area contributed by atoms with Crippen molar-refractivity contribution in [2.45, 2.75) is 19.3 Å². The maximum absolute atomic E-state index is 12.0. The number of nitrogens with one attached hydrogen (secondary N) is 1. The third-order valence-corrected chi connectivity index (χ3v) is 3.76. The van der Waals surface area contributed by atoms with Crippen LogP contribution in [0.1, 0.15) is 29.8 Å². The van der Waals surface area contributed by atoms with E-state index in [1.54, 1.807) is 29.2 Å². The van der Waals surface area contributed by atoms with Crippen LogP contribution < -0.4 is 10.2 Å². The number of hydrogen-bond acceptors (Lipinski definition) is 5. The molecule has 0 aliphatic carbocycles. The van der Waals surface area contributed by atoms with E-state index in [1.807, 2.05) is 0 Å². The first-order valence-corrected chi connectivity index (χ1v) is 7.50. The smallest absolute Gasteiger partial charge is 0.395 e. The topological polar surface area (TPSA) is 106 Å². The maximum atomic E-state index is 12.0. The number of anilines is 2. The molecule has 1 aliphatic heterocycles. The summed E-state index contributed by atoms with van der Waals surface area (Å²) in [5, 5.41) is 13.2. The zero-order valence-corrected chi connectivity index (χ0v) is 12.7. The van der Waals surface area contributed by atoms with Crippen LogP contribution in [0.4, 0.5) is 17.3 Å². The molecule has 0 saturated carbocycles. The van der Waals surface area contributed by atoms with Crippen molar-refractivity contribution < 1.29 is 18.9 Å². The molecule has 8 nitrogen and oxygen atoms in total. The molecule has 0 spiro atoms. The minimum atomic E-state index is -0.707. The van der Waals surface area contributed by atoms with Crippen molar-refractivity contribution in [2.75, 3.05) is 16.8 Å². The summed E-state index contributed by atoms with van der Waals surface area (Å²) in [7, 11) is 0. The molecule has 124 valence electrons. The Labute approximate surface area is 137 Å². The fraction of sp³-hybridized carbons (Fsp3) is 0.250. The number of benzene rings is 1. The maximum Gasteiger partial charge on any atom is 0.433 e. The van der Waals surface area contributed by atoms with E-state index >= 15 is 0 Å². The first-order chi connectivity index (χ1) is 11.5. The number of amides is 2. The van der Waals surface area contributed by atoms with E-state index < -0.39 is 16.7 Å². The molecule has 2 amide bonds. The molecule has 1 N–H and O–H groups in total. The van der Waals surface area contributed by atoms with Crippen molar-refractivity contribution in [3.63, 3.8) is 0 Å². The van der Waals surface area contributed by atoms with Crippen molar-refractivity contribution >= 4 is 29.1 Å². The van der Waals surface area contributed by atoms with E-state index in [4.69, 9.17) is 4.42 Å². The van der Waals surface area contributed by atoms with Crippen LogP contribution in [0.2, 0.25) is 0 Å². The van der Waals surface area contributed by atoms with Crippen molar-refractivity contribution in [1.29, 1.82) is 0 Å². The number of furan rings is 1. The molecule has 1 saturated heterocycles. The summed E-state index contributed by atoms with van der Waals surface area (Å²) in [5.74, 6) is -1.11.